The van der Waals surface area contributed by atoms with E-state index in [-0.39, 0.29) is 5.97 Å². The Labute approximate surface area is 122 Å². The van der Waals surface area contributed by atoms with E-state index in [0.717, 1.165) is 39.0 Å². The largest absolute Gasteiger partial charge is 0.465 e. The fourth-order valence-corrected chi connectivity index (χ4v) is 2.22. The Morgan fingerprint density at radius 1 is 1.35 bits per heavy atom. The van der Waals surface area contributed by atoms with Crippen LogP contribution in [-0.4, -0.2) is 51.1 Å². The van der Waals surface area contributed by atoms with Crippen molar-refractivity contribution >= 4 is 5.97 Å². The van der Waals surface area contributed by atoms with Crippen LogP contribution in [0.1, 0.15) is 40.0 Å². The molecule has 0 aromatic heterocycles. The fourth-order valence-electron chi connectivity index (χ4n) is 2.22. The van der Waals surface area contributed by atoms with Crippen LogP contribution >= 0.6 is 0 Å². The summed E-state index contributed by atoms with van der Waals surface area (Å²) in [4.78, 5) is 12.1. The third-order valence-corrected chi connectivity index (χ3v) is 3.58. The predicted octanol–water partition coefficient (Wildman–Crippen LogP) is 1.75. The Balaban J connectivity index is 2.40. The first-order valence-corrected chi connectivity index (χ1v) is 7.70. The van der Waals surface area contributed by atoms with E-state index in [4.69, 9.17) is 14.2 Å². The molecule has 1 heterocycles. The molecule has 0 aromatic rings. The molecule has 1 rings (SSSR count). The summed E-state index contributed by atoms with van der Waals surface area (Å²) in [5, 5.41) is 3.24. The zero-order valence-corrected chi connectivity index (χ0v) is 13.1. The molecule has 0 spiro atoms. The number of hydrogen-bond donors (Lipinski definition) is 1. The minimum atomic E-state index is -0.753. The molecule has 1 N–H and O–H groups in total. The van der Waals surface area contributed by atoms with Crippen molar-refractivity contribution in [3.63, 3.8) is 0 Å². The standard InChI is InChI=1S/C15H29NO4/c1-4-8-16-15(3,14(17)20-5-2)12-19-11-13-6-9-18-10-7-13/h13,16H,4-12H2,1-3H3. The van der Waals surface area contributed by atoms with Gasteiger partial charge in [-0.2, -0.15) is 0 Å². The lowest BCUT2D eigenvalue weighted by atomic mass is 10.0. The smallest absolute Gasteiger partial charge is 0.328 e. The minimum Gasteiger partial charge on any atom is -0.465 e. The van der Waals surface area contributed by atoms with Crippen molar-refractivity contribution in [3.8, 4) is 0 Å². The molecule has 0 radical (unpaired) electrons. The van der Waals surface area contributed by atoms with E-state index >= 15 is 0 Å². The lowest BCUT2D eigenvalue weighted by Gasteiger charge is -2.29. The molecule has 118 valence electrons. The van der Waals surface area contributed by atoms with Gasteiger partial charge in [-0.3, -0.25) is 0 Å². The van der Waals surface area contributed by atoms with Crippen molar-refractivity contribution in [1.82, 2.24) is 5.32 Å². The maximum Gasteiger partial charge on any atom is 0.328 e. The lowest BCUT2D eigenvalue weighted by molar-refractivity contribution is -0.153. The Morgan fingerprint density at radius 3 is 2.65 bits per heavy atom. The van der Waals surface area contributed by atoms with Gasteiger partial charge in [0.15, 0.2) is 0 Å². The maximum atomic E-state index is 12.1. The van der Waals surface area contributed by atoms with Crippen LogP contribution in [0.4, 0.5) is 0 Å². The summed E-state index contributed by atoms with van der Waals surface area (Å²) < 4.78 is 16.3. The first-order chi connectivity index (χ1) is 9.62. The van der Waals surface area contributed by atoms with Crippen molar-refractivity contribution in [2.45, 2.75) is 45.6 Å². The molecule has 1 unspecified atom stereocenters. The summed E-state index contributed by atoms with van der Waals surface area (Å²) in [6.07, 6.45) is 3.05. The van der Waals surface area contributed by atoms with Crippen LogP contribution in [0.5, 0.6) is 0 Å². The second-order valence-corrected chi connectivity index (χ2v) is 5.55. The first kappa shape index (κ1) is 17.4. The number of rotatable bonds is 9. The van der Waals surface area contributed by atoms with Gasteiger partial charge >= 0.3 is 5.97 Å². The highest BCUT2D eigenvalue weighted by Gasteiger charge is 2.34. The van der Waals surface area contributed by atoms with Gasteiger partial charge in [0.1, 0.15) is 5.54 Å². The van der Waals surface area contributed by atoms with Gasteiger partial charge in [0, 0.05) is 19.8 Å². The van der Waals surface area contributed by atoms with Crippen LogP contribution in [0.3, 0.4) is 0 Å². The molecule has 0 amide bonds. The third kappa shape index (κ3) is 5.77. The second-order valence-electron chi connectivity index (χ2n) is 5.55. The molecule has 0 bridgehead atoms. The molecule has 1 saturated heterocycles. The number of ether oxygens (including phenoxy) is 3. The molecule has 20 heavy (non-hydrogen) atoms. The number of hydrogen-bond acceptors (Lipinski definition) is 5. The zero-order valence-electron chi connectivity index (χ0n) is 13.1. The van der Waals surface area contributed by atoms with Crippen molar-refractivity contribution in [1.29, 1.82) is 0 Å². The van der Waals surface area contributed by atoms with Crippen LogP contribution < -0.4 is 5.32 Å². The zero-order chi connectivity index (χ0) is 14.8. The molecule has 1 fully saturated rings. The molecular weight excluding hydrogens is 258 g/mol. The van der Waals surface area contributed by atoms with E-state index in [1.807, 2.05) is 13.8 Å². The number of carbonyl (C=O) groups is 1. The van der Waals surface area contributed by atoms with Gasteiger partial charge in [0.2, 0.25) is 0 Å². The Hall–Kier alpha value is -0.650. The minimum absolute atomic E-state index is 0.236. The monoisotopic (exact) mass is 287 g/mol. The Kier molecular flexibility index (Phi) is 8.11. The van der Waals surface area contributed by atoms with E-state index in [9.17, 15) is 4.79 Å². The van der Waals surface area contributed by atoms with Crippen LogP contribution in [0.15, 0.2) is 0 Å². The fraction of sp³-hybridized carbons (Fsp3) is 0.933. The van der Waals surface area contributed by atoms with E-state index < -0.39 is 5.54 Å². The summed E-state index contributed by atoms with van der Waals surface area (Å²) in [5.74, 6) is 0.307. The summed E-state index contributed by atoms with van der Waals surface area (Å²) in [6.45, 7) is 9.58. The van der Waals surface area contributed by atoms with Gasteiger partial charge in [-0.05, 0) is 45.6 Å². The van der Waals surface area contributed by atoms with Gasteiger partial charge in [-0.1, -0.05) is 6.92 Å². The molecule has 5 nitrogen and oxygen atoms in total. The molecule has 0 saturated carbocycles. The third-order valence-electron chi connectivity index (χ3n) is 3.58. The Bertz CT molecular complexity index is 279. The molecule has 0 aromatic carbocycles. The lowest BCUT2D eigenvalue weighted by Crippen LogP contribution is -2.54. The van der Waals surface area contributed by atoms with E-state index in [1.54, 1.807) is 0 Å². The number of esters is 1. The molecule has 0 aliphatic carbocycles. The van der Waals surface area contributed by atoms with Crippen molar-refractivity contribution in [3.05, 3.63) is 0 Å². The summed E-state index contributed by atoms with van der Waals surface area (Å²) in [7, 11) is 0. The highest BCUT2D eigenvalue weighted by molar-refractivity contribution is 5.80. The SMILES string of the molecule is CCCNC(C)(COCC1CCOCC1)C(=O)OCC. The van der Waals surface area contributed by atoms with Crippen molar-refractivity contribution in [2.24, 2.45) is 5.92 Å². The van der Waals surface area contributed by atoms with Gasteiger partial charge in [0.25, 0.3) is 0 Å². The molecule has 1 aliphatic heterocycles. The normalized spacial score (nSPS) is 19.6. The molecular formula is C15H29NO4. The molecule has 1 aliphatic rings. The van der Waals surface area contributed by atoms with E-state index in [2.05, 4.69) is 12.2 Å². The predicted molar refractivity (Wildman–Crippen MR) is 77.7 cm³/mol. The first-order valence-electron chi connectivity index (χ1n) is 7.70. The van der Waals surface area contributed by atoms with Crippen LogP contribution in [0, 0.1) is 5.92 Å². The number of carbonyl (C=O) groups excluding carboxylic acids is 1. The van der Waals surface area contributed by atoms with Gasteiger partial charge in [-0.15, -0.1) is 0 Å². The highest BCUT2D eigenvalue weighted by atomic mass is 16.5. The Morgan fingerprint density at radius 2 is 2.05 bits per heavy atom. The maximum absolute atomic E-state index is 12.1. The molecule has 5 heteroatoms. The average molecular weight is 287 g/mol. The van der Waals surface area contributed by atoms with Crippen molar-refractivity contribution < 1.29 is 19.0 Å². The highest BCUT2D eigenvalue weighted by Crippen LogP contribution is 2.16. The van der Waals surface area contributed by atoms with Gasteiger partial charge in [-0.25, -0.2) is 4.79 Å². The summed E-state index contributed by atoms with van der Waals surface area (Å²) >= 11 is 0. The second kappa shape index (κ2) is 9.32. The summed E-state index contributed by atoms with van der Waals surface area (Å²) in [6, 6.07) is 0. The van der Waals surface area contributed by atoms with Crippen LogP contribution in [0.25, 0.3) is 0 Å². The average Bonchev–Trinajstić information content (AvgIpc) is 2.46. The van der Waals surface area contributed by atoms with E-state index in [0.29, 0.717) is 25.7 Å². The van der Waals surface area contributed by atoms with E-state index in [1.165, 1.54) is 0 Å². The molecule has 1 atom stereocenters. The van der Waals surface area contributed by atoms with Crippen LogP contribution in [0.2, 0.25) is 0 Å². The van der Waals surface area contributed by atoms with Crippen molar-refractivity contribution in [2.75, 3.05) is 39.6 Å². The number of nitrogens with one attached hydrogen (secondary N) is 1. The quantitative estimate of drug-likeness (QED) is 0.655. The van der Waals surface area contributed by atoms with Gasteiger partial charge in [0.05, 0.1) is 13.2 Å². The topological polar surface area (TPSA) is 56.8 Å². The van der Waals surface area contributed by atoms with Gasteiger partial charge < -0.3 is 19.5 Å². The summed E-state index contributed by atoms with van der Waals surface area (Å²) in [5.41, 5.74) is -0.753. The van der Waals surface area contributed by atoms with Crippen LogP contribution in [-0.2, 0) is 19.0 Å².